The molecule has 2 N–H and O–H groups in total. The van der Waals surface area contributed by atoms with Crippen LogP contribution < -0.4 is 0 Å². The molecule has 0 aromatic carbocycles. The number of nitrogens with one attached hydrogen (secondary N) is 1. The van der Waals surface area contributed by atoms with Gasteiger partial charge < -0.3 is 10.5 Å². The van der Waals surface area contributed by atoms with Gasteiger partial charge in [-0.05, 0) is 25.7 Å². The molecule has 0 aromatic rings. The molecule has 46 valence electrons. The minimum Gasteiger partial charge on any atom is -0.393 e. The van der Waals surface area contributed by atoms with Gasteiger partial charge in [0.25, 0.3) is 0 Å². The fraction of sp³-hybridized carbons (Fsp3) is 0.833. The van der Waals surface area contributed by atoms with Crippen LogP contribution in [0.5, 0.6) is 0 Å². The van der Waals surface area contributed by atoms with E-state index in [4.69, 9.17) is 10.5 Å². The standard InChI is InChI=1S/C6H11NO/c7-5-1-3-6(8)4-2-5/h6-8H,1-4H2. The van der Waals surface area contributed by atoms with Crippen molar-refractivity contribution in [2.24, 2.45) is 0 Å². The van der Waals surface area contributed by atoms with Gasteiger partial charge in [0.1, 0.15) is 0 Å². The molecule has 8 heavy (non-hydrogen) atoms. The van der Waals surface area contributed by atoms with E-state index in [-0.39, 0.29) is 6.10 Å². The fourth-order valence-corrected chi connectivity index (χ4v) is 0.951. The molecule has 0 atom stereocenters. The third-order valence-electron chi connectivity index (χ3n) is 1.56. The van der Waals surface area contributed by atoms with Crippen LogP contribution in [0.25, 0.3) is 0 Å². The first-order valence-corrected chi connectivity index (χ1v) is 3.03. The number of rotatable bonds is 0. The highest BCUT2D eigenvalue weighted by atomic mass is 16.3. The Labute approximate surface area is 49.0 Å². The molecule has 0 aromatic heterocycles. The Bertz CT molecular complexity index is 90.7. The van der Waals surface area contributed by atoms with Crippen molar-refractivity contribution in [2.45, 2.75) is 31.8 Å². The van der Waals surface area contributed by atoms with Crippen molar-refractivity contribution in [1.82, 2.24) is 0 Å². The van der Waals surface area contributed by atoms with Crippen LogP contribution in [0.3, 0.4) is 0 Å². The third kappa shape index (κ3) is 1.30. The molecule has 0 bridgehead atoms. The molecule has 1 rings (SSSR count). The molecular formula is C6H11NO. The molecule has 0 amide bonds. The van der Waals surface area contributed by atoms with E-state index in [0.29, 0.717) is 0 Å². The highest BCUT2D eigenvalue weighted by Gasteiger charge is 2.12. The molecule has 0 unspecified atom stereocenters. The van der Waals surface area contributed by atoms with E-state index in [1.165, 1.54) is 0 Å². The first-order chi connectivity index (χ1) is 3.79. The van der Waals surface area contributed by atoms with E-state index in [9.17, 15) is 0 Å². The van der Waals surface area contributed by atoms with E-state index < -0.39 is 0 Å². The second kappa shape index (κ2) is 2.27. The molecule has 1 fully saturated rings. The summed E-state index contributed by atoms with van der Waals surface area (Å²) >= 11 is 0. The van der Waals surface area contributed by atoms with E-state index in [1.54, 1.807) is 0 Å². The lowest BCUT2D eigenvalue weighted by atomic mass is 9.96. The van der Waals surface area contributed by atoms with Crippen molar-refractivity contribution in [3.63, 3.8) is 0 Å². The predicted octanol–water partition coefficient (Wildman–Crippen LogP) is 0.941. The lowest BCUT2D eigenvalue weighted by molar-refractivity contribution is 0.152. The minimum absolute atomic E-state index is 0.121. The van der Waals surface area contributed by atoms with E-state index in [2.05, 4.69) is 0 Å². The maximum atomic E-state index is 8.93. The van der Waals surface area contributed by atoms with E-state index in [1.807, 2.05) is 0 Å². The Morgan fingerprint density at radius 1 is 1.38 bits per heavy atom. The smallest absolute Gasteiger partial charge is 0.0547 e. The van der Waals surface area contributed by atoms with Crippen LogP contribution in [0.2, 0.25) is 0 Å². The molecule has 1 saturated carbocycles. The number of hydrogen-bond acceptors (Lipinski definition) is 2. The van der Waals surface area contributed by atoms with Crippen LogP contribution in [-0.4, -0.2) is 16.9 Å². The van der Waals surface area contributed by atoms with E-state index in [0.717, 1.165) is 31.4 Å². The van der Waals surface area contributed by atoms with Crippen LogP contribution >= 0.6 is 0 Å². The van der Waals surface area contributed by atoms with E-state index >= 15 is 0 Å². The van der Waals surface area contributed by atoms with Gasteiger partial charge in [-0.25, -0.2) is 0 Å². The summed E-state index contributed by atoms with van der Waals surface area (Å²) in [5.41, 5.74) is 0.801. The predicted molar refractivity (Wildman–Crippen MR) is 32.2 cm³/mol. The Morgan fingerprint density at radius 3 is 2.25 bits per heavy atom. The van der Waals surface area contributed by atoms with Gasteiger partial charge in [-0.2, -0.15) is 0 Å². The summed E-state index contributed by atoms with van der Waals surface area (Å²) in [7, 11) is 0. The SMILES string of the molecule is N=C1CCC(O)CC1. The van der Waals surface area contributed by atoms with Gasteiger partial charge in [0.15, 0.2) is 0 Å². The zero-order valence-electron chi connectivity index (χ0n) is 4.85. The largest absolute Gasteiger partial charge is 0.393 e. The average molecular weight is 113 g/mol. The summed E-state index contributed by atoms with van der Waals surface area (Å²) in [6.07, 6.45) is 3.10. The maximum absolute atomic E-state index is 8.93. The lowest BCUT2D eigenvalue weighted by Gasteiger charge is -2.16. The first-order valence-electron chi connectivity index (χ1n) is 3.03. The summed E-state index contributed by atoms with van der Waals surface area (Å²) in [5, 5.41) is 16.1. The van der Waals surface area contributed by atoms with Crippen molar-refractivity contribution < 1.29 is 5.11 Å². The molecule has 0 heterocycles. The van der Waals surface area contributed by atoms with Gasteiger partial charge in [-0.3, -0.25) is 0 Å². The Hall–Kier alpha value is -0.370. The quantitative estimate of drug-likeness (QED) is 0.482. The second-order valence-electron chi connectivity index (χ2n) is 2.33. The van der Waals surface area contributed by atoms with Gasteiger partial charge in [-0.15, -0.1) is 0 Å². The van der Waals surface area contributed by atoms with Crippen LogP contribution in [0.4, 0.5) is 0 Å². The zero-order chi connectivity index (χ0) is 5.98. The summed E-state index contributed by atoms with van der Waals surface area (Å²) in [6, 6.07) is 0. The summed E-state index contributed by atoms with van der Waals surface area (Å²) in [5.74, 6) is 0. The van der Waals surface area contributed by atoms with Crippen LogP contribution in [0.1, 0.15) is 25.7 Å². The molecule has 2 heteroatoms. The van der Waals surface area contributed by atoms with Crippen LogP contribution in [-0.2, 0) is 0 Å². The number of aliphatic hydroxyl groups excluding tert-OH is 1. The van der Waals surface area contributed by atoms with Crippen molar-refractivity contribution in [3.05, 3.63) is 0 Å². The van der Waals surface area contributed by atoms with Crippen molar-refractivity contribution in [1.29, 1.82) is 5.41 Å². The van der Waals surface area contributed by atoms with Crippen LogP contribution in [0.15, 0.2) is 0 Å². The van der Waals surface area contributed by atoms with Crippen LogP contribution in [0, 0.1) is 5.41 Å². The normalized spacial score (nSPS) is 30.6. The topological polar surface area (TPSA) is 44.1 Å². The average Bonchev–Trinajstić information content (AvgIpc) is 1.77. The van der Waals surface area contributed by atoms with Gasteiger partial charge in [0.05, 0.1) is 6.10 Å². The van der Waals surface area contributed by atoms with Crippen molar-refractivity contribution in [3.8, 4) is 0 Å². The molecule has 0 radical (unpaired) electrons. The molecule has 0 aliphatic heterocycles. The van der Waals surface area contributed by atoms with Crippen molar-refractivity contribution >= 4 is 5.71 Å². The Morgan fingerprint density at radius 2 is 1.88 bits per heavy atom. The molecule has 1 aliphatic carbocycles. The van der Waals surface area contributed by atoms with Gasteiger partial charge in [0, 0.05) is 5.71 Å². The van der Waals surface area contributed by atoms with Gasteiger partial charge in [0.2, 0.25) is 0 Å². The molecule has 1 aliphatic rings. The molecule has 2 nitrogen and oxygen atoms in total. The van der Waals surface area contributed by atoms with Gasteiger partial charge in [-0.1, -0.05) is 0 Å². The molecule has 0 spiro atoms. The molecular weight excluding hydrogens is 102 g/mol. The maximum Gasteiger partial charge on any atom is 0.0547 e. The van der Waals surface area contributed by atoms with Crippen molar-refractivity contribution in [2.75, 3.05) is 0 Å². The Balaban J connectivity index is 2.29. The molecule has 0 saturated heterocycles. The summed E-state index contributed by atoms with van der Waals surface area (Å²) < 4.78 is 0. The third-order valence-corrected chi connectivity index (χ3v) is 1.56. The first kappa shape index (κ1) is 5.76. The zero-order valence-corrected chi connectivity index (χ0v) is 4.85. The fourth-order valence-electron chi connectivity index (χ4n) is 0.951. The Kier molecular flexibility index (Phi) is 1.63. The second-order valence-corrected chi connectivity index (χ2v) is 2.33. The highest BCUT2D eigenvalue weighted by Crippen LogP contribution is 2.13. The summed E-state index contributed by atoms with van der Waals surface area (Å²) in [6.45, 7) is 0. The number of hydrogen-bond donors (Lipinski definition) is 2. The highest BCUT2D eigenvalue weighted by molar-refractivity contribution is 5.81. The summed E-state index contributed by atoms with van der Waals surface area (Å²) in [4.78, 5) is 0. The minimum atomic E-state index is -0.121. The number of aliphatic hydroxyl groups is 1. The lowest BCUT2D eigenvalue weighted by Crippen LogP contribution is -2.16. The monoisotopic (exact) mass is 113 g/mol. The van der Waals surface area contributed by atoms with Gasteiger partial charge >= 0.3 is 0 Å².